The first-order valence-electron chi connectivity index (χ1n) is 6.83. The molecule has 0 bridgehead atoms. The van der Waals surface area contributed by atoms with Gasteiger partial charge >= 0.3 is 0 Å². The van der Waals surface area contributed by atoms with Crippen molar-refractivity contribution in [1.82, 2.24) is 0 Å². The third-order valence-corrected chi connectivity index (χ3v) is 6.80. The fourth-order valence-corrected chi connectivity index (χ4v) is 4.88. The molecule has 0 aromatic carbocycles. The summed E-state index contributed by atoms with van der Waals surface area (Å²) in [5.41, 5.74) is 6.22. The minimum absolute atomic E-state index is 0.151. The maximum atomic E-state index is 11.6. The Morgan fingerprint density at radius 3 is 2.50 bits per heavy atom. The van der Waals surface area contributed by atoms with Crippen LogP contribution in [0.2, 0.25) is 0 Å². The Bertz CT molecular complexity index is 341. The number of rotatable bonds is 6. The summed E-state index contributed by atoms with van der Waals surface area (Å²) in [6.07, 6.45) is 5.04. The molecule has 1 aliphatic carbocycles. The summed E-state index contributed by atoms with van der Waals surface area (Å²) in [4.78, 5) is 0. The molecule has 18 heavy (non-hydrogen) atoms. The molecule has 1 rings (SSSR count). The lowest BCUT2D eigenvalue weighted by Crippen LogP contribution is -2.39. The fraction of sp³-hybridized carbons (Fsp3) is 1.00. The lowest BCUT2D eigenvalue weighted by molar-refractivity contribution is 0.319. The molecule has 2 N–H and O–H groups in total. The molecule has 1 fully saturated rings. The zero-order valence-corrected chi connectivity index (χ0v) is 13.4. The zero-order chi connectivity index (χ0) is 13.8. The van der Waals surface area contributed by atoms with Crippen molar-refractivity contribution in [3.05, 3.63) is 0 Å². The molecule has 1 saturated carbocycles. The van der Waals surface area contributed by atoms with Crippen molar-refractivity contribution in [2.45, 2.75) is 50.8 Å². The molecule has 3 atom stereocenters. The van der Waals surface area contributed by atoms with Crippen LogP contribution in [-0.2, 0) is 9.84 Å². The van der Waals surface area contributed by atoms with Gasteiger partial charge in [-0.1, -0.05) is 20.3 Å². The van der Waals surface area contributed by atoms with Crippen LogP contribution in [0.5, 0.6) is 0 Å². The summed E-state index contributed by atoms with van der Waals surface area (Å²) in [5.74, 6) is 3.17. The fourth-order valence-electron chi connectivity index (χ4n) is 2.53. The minimum atomic E-state index is -2.89. The van der Waals surface area contributed by atoms with Gasteiger partial charge in [-0.25, -0.2) is 8.42 Å². The lowest BCUT2D eigenvalue weighted by Gasteiger charge is -2.32. The van der Waals surface area contributed by atoms with Gasteiger partial charge in [0.2, 0.25) is 0 Å². The van der Waals surface area contributed by atoms with Crippen molar-refractivity contribution in [2.75, 3.05) is 17.8 Å². The summed E-state index contributed by atoms with van der Waals surface area (Å²) in [6, 6.07) is 0.151. The van der Waals surface area contributed by atoms with E-state index in [1.807, 2.05) is 11.8 Å². The molecule has 0 aromatic heterocycles. The van der Waals surface area contributed by atoms with E-state index in [0.29, 0.717) is 11.8 Å². The van der Waals surface area contributed by atoms with Gasteiger partial charge in [-0.3, -0.25) is 0 Å². The molecule has 3 unspecified atom stereocenters. The Morgan fingerprint density at radius 1 is 1.28 bits per heavy atom. The van der Waals surface area contributed by atoms with Crippen LogP contribution in [0.25, 0.3) is 0 Å². The molecule has 0 radical (unpaired) electrons. The van der Waals surface area contributed by atoms with Crippen LogP contribution < -0.4 is 5.73 Å². The highest BCUT2D eigenvalue weighted by molar-refractivity contribution is 7.99. The zero-order valence-electron chi connectivity index (χ0n) is 11.8. The van der Waals surface area contributed by atoms with E-state index in [-0.39, 0.29) is 11.3 Å². The maximum Gasteiger partial charge on any atom is 0.150 e. The van der Waals surface area contributed by atoms with Crippen molar-refractivity contribution in [2.24, 2.45) is 17.6 Å². The molecule has 3 nitrogen and oxygen atoms in total. The molecule has 0 heterocycles. The van der Waals surface area contributed by atoms with Gasteiger partial charge in [-0.2, -0.15) is 11.8 Å². The van der Waals surface area contributed by atoms with E-state index in [1.165, 1.54) is 6.26 Å². The van der Waals surface area contributed by atoms with E-state index in [1.54, 1.807) is 0 Å². The van der Waals surface area contributed by atoms with E-state index >= 15 is 0 Å². The largest absolute Gasteiger partial charge is 0.327 e. The Morgan fingerprint density at radius 2 is 1.94 bits per heavy atom. The lowest BCUT2D eigenvalue weighted by atomic mass is 9.84. The van der Waals surface area contributed by atoms with Crippen LogP contribution in [0.4, 0.5) is 0 Å². The summed E-state index contributed by atoms with van der Waals surface area (Å²) in [6.45, 7) is 4.41. The molecule has 5 heteroatoms. The van der Waals surface area contributed by atoms with E-state index in [4.69, 9.17) is 5.73 Å². The molecular formula is C13H27NO2S2. The summed E-state index contributed by atoms with van der Waals surface area (Å²) < 4.78 is 23.2. The van der Waals surface area contributed by atoms with Crippen molar-refractivity contribution in [3.8, 4) is 0 Å². The maximum absolute atomic E-state index is 11.6. The molecule has 0 aromatic rings. The summed E-state index contributed by atoms with van der Waals surface area (Å²) in [5, 5.41) is -0.155. The normalized spacial score (nSPS) is 27.4. The molecule has 0 amide bonds. The second kappa shape index (κ2) is 7.15. The first-order chi connectivity index (χ1) is 8.30. The number of hydrogen-bond donors (Lipinski definition) is 1. The first-order valence-corrected chi connectivity index (χ1v) is 9.93. The topological polar surface area (TPSA) is 60.2 Å². The third kappa shape index (κ3) is 5.49. The first kappa shape index (κ1) is 16.3. The standard InChI is InChI=1S/C13H27NO2S2/c1-10(2)8-17-9-13(14)11-5-4-6-12(7-11)18(3,15)16/h10-13H,4-9,14H2,1-3H3. The number of hydrogen-bond acceptors (Lipinski definition) is 4. The van der Waals surface area contributed by atoms with Crippen LogP contribution >= 0.6 is 11.8 Å². The predicted molar refractivity (Wildman–Crippen MR) is 80.7 cm³/mol. The van der Waals surface area contributed by atoms with Crippen LogP contribution in [0.1, 0.15) is 39.5 Å². The van der Waals surface area contributed by atoms with Gasteiger partial charge in [0, 0.05) is 18.1 Å². The van der Waals surface area contributed by atoms with E-state index in [0.717, 1.165) is 37.2 Å². The summed E-state index contributed by atoms with van der Waals surface area (Å²) >= 11 is 1.90. The molecular weight excluding hydrogens is 266 g/mol. The second-order valence-corrected chi connectivity index (χ2v) is 9.37. The SMILES string of the molecule is CC(C)CSCC(N)C1CCCC(S(C)(=O)=O)C1. The Labute approximate surface area is 116 Å². The molecule has 1 aliphatic rings. The average molecular weight is 293 g/mol. The predicted octanol–water partition coefficient (Wildman–Crippen LogP) is 2.31. The monoisotopic (exact) mass is 293 g/mol. The Hall–Kier alpha value is 0.260. The minimum Gasteiger partial charge on any atom is -0.327 e. The van der Waals surface area contributed by atoms with Gasteiger partial charge in [0.05, 0.1) is 5.25 Å². The van der Waals surface area contributed by atoms with Crippen molar-refractivity contribution >= 4 is 21.6 Å². The van der Waals surface area contributed by atoms with Crippen molar-refractivity contribution < 1.29 is 8.42 Å². The molecule has 0 saturated heterocycles. The van der Waals surface area contributed by atoms with Crippen molar-refractivity contribution in [1.29, 1.82) is 0 Å². The average Bonchev–Trinajstić information content (AvgIpc) is 2.27. The van der Waals surface area contributed by atoms with Gasteiger partial charge in [0.25, 0.3) is 0 Å². The quantitative estimate of drug-likeness (QED) is 0.816. The van der Waals surface area contributed by atoms with Gasteiger partial charge in [-0.05, 0) is 36.9 Å². The van der Waals surface area contributed by atoms with E-state index in [9.17, 15) is 8.42 Å². The molecule has 0 spiro atoms. The van der Waals surface area contributed by atoms with Gasteiger partial charge < -0.3 is 5.73 Å². The number of nitrogens with two attached hydrogens (primary N) is 1. The second-order valence-electron chi connectivity index (χ2n) is 5.97. The summed E-state index contributed by atoms with van der Waals surface area (Å²) in [7, 11) is -2.89. The van der Waals surface area contributed by atoms with Gasteiger partial charge in [0.1, 0.15) is 9.84 Å². The van der Waals surface area contributed by atoms with Crippen LogP contribution in [0.15, 0.2) is 0 Å². The number of thioether (sulfide) groups is 1. The van der Waals surface area contributed by atoms with E-state index in [2.05, 4.69) is 13.8 Å². The Balaban J connectivity index is 2.41. The third-order valence-electron chi connectivity index (χ3n) is 3.64. The number of sulfone groups is 1. The highest BCUT2D eigenvalue weighted by atomic mass is 32.2. The van der Waals surface area contributed by atoms with Crippen molar-refractivity contribution in [3.63, 3.8) is 0 Å². The highest BCUT2D eigenvalue weighted by Crippen LogP contribution is 2.31. The van der Waals surface area contributed by atoms with Gasteiger partial charge in [-0.15, -0.1) is 0 Å². The van der Waals surface area contributed by atoms with Gasteiger partial charge in [0.15, 0.2) is 0 Å². The van der Waals surface area contributed by atoms with Crippen LogP contribution in [0.3, 0.4) is 0 Å². The van der Waals surface area contributed by atoms with Crippen LogP contribution in [0, 0.1) is 11.8 Å². The molecule has 108 valence electrons. The Kier molecular flexibility index (Phi) is 6.48. The smallest absolute Gasteiger partial charge is 0.150 e. The molecule has 0 aliphatic heterocycles. The highest BCUT2D eigenvalue weighted by Gasteiger charge is 2.31. The van der Waals surface area contributed by atoms with Crippen LogP contribution in [-0.4, -0.2) is 37.5 Å². The van der Waals surface area contributed by atoms with E-state index < -0.39 is 9.84 Å².